The van der Waals surface area contributed by atoms with E-state index in [-0.39, 0.29) is 52.9 Å². The first-order valence-electron chi connectivity index (χ1n) is 39.5. The molecule has 4 N–H and O–H groups in total. The molecule has 0 saturated carbocycles. The molecule has 0 bridgehead atoms. The van der Waals surface area contributed by atoms with Crippen LogP contribution in [0.3, 0.4) is 0 Å². The lowest BCUT2D eigenvalue weighted by atomic mass is 9.92. The van der Waals surface area contributed by atoms with Crippen molar-refractivity contribution in [2.45, 2.75) is 242 Å². The number of hydrogen-bond donors (Lipinski definition) is 4. The van der Waals surface area contributed by atoms with Gasteiger partial charge in [-0.05, 0) is 154 Å². The van der Waals surface area contributed by atoms with Gasteiger partial charge in [0.15, 0.2) is 0 Å². The van der Waals surface area contributed by atoms with Crippen LogP contribution >= 0.6 is 0 Å². The maximum atomic E-state index is 12.0. The third-order valence-electron chi connectivity index (χ3n) is 16.8. The highest BCUT2D eigenvalue weighted by molar-refractivity contribution is 5.84. The van der Waals surface area contributed by atoms with E-state index in [0.717, 1.165) is 97.1 Å². The maximum absolute atomic E-state index is 12.0. The van der Waals surface area contributed by atoms with Crippen LogP contribution in [-0.2, 0) is 18.9 Å². The van der Waals surface area contributed by atoms with E-state index in [0.29, 0.717) is 178 Å². The Balaban J connectivity index is 7.69. The average Bonchev–Trinajstić information content (AvgIpc) is 0.861. The molecule has 0 radical (unpaired) electrons. The molecule has 0 heterocycles. The van der Waals surface area contributed by atoms with E-state index in [4.69, 9.17) is 58.9 Å². The number of hydrogen-bond acceptors (Lipinski definition) is 20. The molecule has 0 aromatic rings. The van der Waals surface area contributed by atoms with Crippen molar-refractivity contribution in [1.82, 2.24) is 19.6 Å². The second-order valence-corrected chi connectivity index (χ2v) is 33.1. The van der Waals surface area contributed by atoms with Crippen molar-refractivity contribution in [2.24, 2.45) is 92.7 Å². The molecule has 20 nitrogen and oxygen atoms in total. The van der Waals surface area contributed by atoms with Crippen LogP contribution in [0.1, 0.15) is 218 Å². The fraction of sp³-hybridized carbons (Fsp3) is 0.901. The van der Waals surface area contributed by atoms with Gasteiger partial charge in [-0.25, -0.2) is 0 Å². The zero-order chi connectivity index (χ0) is 76.3. The van der Waals surface area contributed by atoms with Gasteiger partial charge in [0.2, 0.25) is 0 Å². The summed E-state index contributed by atoms with van der Waals surface area (Å²) in [4.78, 5) is 48.2. The number of ether oxygens (including phenoxy) is 4. The molecular formula is C81H160N12O8. The van der Waals surface area contributed by atoms with Crippen molar-refractivity contribution in [2.75, 3.05) is 184 Å². The number of rotatable bonds is 64. The lowest BCUT2D eigenvalue weighted by molar-refractivity contribution is -0.134. The topological polar surface area (TPSA) is 230 Å². The summed E-state index contributed by atoms with van der Waals surface area (Å²) < 4.78 is 26.7. The molecule has 0 aliphatic heterocycles. The van der Waals surface area contributed by atoms with Crippen molar-refractivity contribution in [3.8, 4) is 0 Å². The van der Waals surface area contributed by atoms with Gasteiger partial charge in [0.1, 0.15) is 0 Å². The van der Waals surface area contributed by atoms with Gasteiger partial charge in [-0.1, -0.05) is 111 Å². The van der Waals surface area contributed by atoms with Crippen molar-refractivity contribution >= 4 is 45.7 Å². The fourth-order valence-electron chi connectivity index (χ4n) is 12.8. The molecule has 20 heteroatoms. The quantitative estimate of drug-likeness (QED) is 0.0417. The van der Waals surface area contributed by atoms with Gasteiger partial charge in [0.25, 0.3) is 0 Å². The van der Waals surface area contributed by atoms with Gasteiger partial charge >= 0.3 is 0 Å². The first-order valence-corrected chi connectivity index (χ1v) is 39.5. The highest BCUT2D eigenvalue weighted by atomic mass is 16.5. The van der Waals surface area contributed by atoms with Crippen LogP contribution in [0.5, 0.6) is 0 Å². The number of aliphatic imine (C=N–C) groups is 8. The van der Waals surface area contributed by atoms with E-state index in [1.54, 1.807) is 0 Å². The van der Waals surface area contributed by atoms with Gasteiger partial charge in [0, 0.05) is 124 Å². The minimum absolute atomic E-state index is 0.00500. The van der Waals surface area contributed by atoms with Gasteiger partial charge in [-0.15, -0.1) is 0 Å². The molecule has 0 spiro atoms. The minimum Gasteiger partial charge on any atom is -0.389 e. The summed E-state index contributed by atoms with van der Waals surface area (Å²) in [7, 11) is 0. The summed E-state index contributed by atoms with van der Waals surface area (Å²) in [6.45, 7) is 63.8. The van der Waals surface area contributed by atoms with E-state index >= 15 is 0 Å². The molecule has 0 fully saturated rings. The Hall–Kier alpha value is -3.12. The molecule has 0 rings (SSSR count). The van der Waals surface area contributed by atoms with Gasteiger partial charge in [-0.3, -0.25) is 59.5 Å². The lowest BCUT2D eigenvalue weighted by Crippen LogP contribution is -2.46. The standard InChI is InChI=1S/C81H160N12O8/c1-61(2)41-69(17)82-25-33-90(34-26-83-70(18)42-62(3)4)49-77(94)53-98-57-81(58-99-54-78(95)50-91(35-27-84-71(19)43-63(5)6)36-28-85-72(20)44-64(7)8,59-100-55-79(96)51-92(37-29-86-73(21)45-65(9)10)38-30-87-74(22)46-66(11)12)60-101-56-80(97)52-93(39-31-88-75(23)47-67(13)14)40-32-89-76(24)48-68(15)16/h61-68,77-80,94-97H,25-60H2,1-24H3/b82-69+,83-70+,84-71+,85-72+,86-73+,87-74+,88-75+,89-76+. The largest absolute Gasteiger partial charge is 0.389 e. The summed E-state index contributed by atoms with van der Waals surface area (Å²) >= 11 is 0. The molecule has 0 aromatic carbocycles. The molecule has 592 valence electrons. The van der Waals surface area contributed by atoms with Crippen LogP contribution in [0.25, 0.3) is 0 Å². The minimum atomic E-state index is -1.04. The normalized spacial score (nSPS) is 16.0. The van der Waals surface area contributed by atoms with E-state index in [9.17, 15) is 20.4 Å². The van der Waals surface area contributed by atoms with Gasteiger partial charge in [0.05, 0.1) is 135 Å². The van der Waals surface area contributed by atoms with Crippen LogP contribution < -0.4 is 0 Å². The second kappa shape index (κ2) is 59.0. The van der Waals surface area contributed by atoms with Crippen molar-refractivity contribution in [3.63, 3.8) is 0 Å². The molecule has 0 amide bonds. The Morgan fingerprint density at radius 3 is 0.495 bits per heavy atom. The van der Waals surface area contributed by atoms with E-state index in [1.165, 1.54) is 0 Å². The van der Waals surface area contributed by atoms with Gasteiger partial charge < -0.3 is 39.4 Å². The van der Waals surface area contributed by atoms with Crippen LogP contribution in [0.2, 0.25) is 0 Å². The number of nitrogens with zero attached hydrogens (tertiary/aromatic N) is 12. The lowest BCUT2D eigenvalue weighted by Gasteiger charge is -2.35. The third kappa shape index (κ3) is 59.7. The molecule has 0 aliphatic rings. The fourth-order valence-corrected chi connectivity index (χ4v) is 12.8. The Bertz CT molecular complexity index is 1900. The van der Waals surface area contributed by atoms with E-state index in [2.05, 4.69) is 186 Å². The summed E-state index contributed by atoms with van der Waals surface area (Å²) in [6, 6.07) is 0. The van der Waals surface area contributed by atoms with E-state index < -0.39 is 29.8 Å². The summed E-state index contributed by atoms with van der Waals surface area (Å²) in [6.07, 6.45) is 4.03. The number of aliphatic hydroxyl groups excluding tert-OH is 4. The molecule has 101 heavy (non-hydrogen) atoms. The highest BCUT2D eigenvalue weighted by Crippen LogP contribution is 2.23. The zero-order valence-electron chi connectivity index (χ0n) is 69.7. The summed E-state index contributed by atoms with van der Waals surface area (Å²) in [5.41, 5.74) is 7.93. The van der Waals surface area contributed by atoms with Crippen LogP contribution in [0.4, 0.5) is 0 Å². The predicted octanol–water partition coefficient (Wildman–Crippen LogP) is 12.7. The average molecular weight is 1430 g/mol. The highest BCUT2D eigenvalue weighted by Gasteiger charge is 2.35. The number of aliphatic hydroxyl groups is 4. The second-order valence-electron chi connectivity index (χ2n) is 33.1. The van der Waals surface area contributed by atoms with Crippen molar-refractivity contribution in [1.29, 1.82) is 0 Å². The van der Waals surface area contributed by atoms with Crippen molar-refractivity contribution < 1.29 is 39.4 Å². The van der Waals surface area contributed by atoms with Crippen LogP contribution in [0.15, 0.2) is 39.9 Å². The SMILES string of the molecule is C/C(CC(C)C)=N\CCN(CC/N=C(\C)CC(C)C)CC(O)COCC(COCC(O)CN(CC/N=C(\C)CC(C)C)CC/N=C(\C)CC(C)C)(COCC(O)CN(CC/N=C(\C)CC(C)C)CC/N=C(\C)CC(C)C)COCC(O)CN(CC/N=C(\C)CC(C)C)CC/N=C(\C)CC(C)C. The van der Waals surface area contributed by atoms with Crippen LogP contribution in [0, 0.1) is 52.8 Å². The Morgan fingerprint density at radius 2 is 0.376 bits per heavy atom. The molecule has 4 atom stereocenters. The van der Waals surface area contributed by atoms with Gasteiger partial charge in [-0.2, -0.15) is 0 Å². The maximum Gasteiger partial charge on any atom is 0.0900 e. The summed E-state index contributed by atoms with van der Waals surface area (Å²) in [5.74, 6) is 4.09. The predicted molar refractivity (Wildman–Crippen MR) is 435 cm³/mol. The van der Waals surface area contributed by atoms with E-state index in [1.807, 2.05) is 0 Å². The Labute approximate surface area is 620 Å². The zero-order valence-corrected chi connectivity index (χ0v) is 69.7. The molecular weight excluding hydrogens is 1270 g/mol. The smallest absolute Gasteiger partial charge is 0.0900 e. The first kappa shape index (κ1) is 97.9. The van der Waals surface area contributed by atoms with Crippen LogP contribution in [-0.4, -0.2) is 294 Å². The molecule has 0 saturated heterocycles. The molecule has 4 unspecified atom stereocenters. The Morgan fingerprint density at radius 1 is 0.248 bits per heavy atom. The third-order valence-corrected chi connectivity index (χ3v) is 16.8. The Kier molecular flexibility index (Phi) is 57.2. The summed E-state index contributed by atoms with van der Waals surface area (Å²) in [5, 5.41) is 47.8. The first-order chi connectivity index (χ1) is 47.5. The molecule has 0 aliphatic carbocycles. The molecule has 0 aromatic heterocycles. The van der Waals surface area contributed by atoms with Crippen molar-refractivity contribution in [3.05, 3.63) is 0 Å². The monoisotopic (exact) mass is 1430 g/mol.